The highest BCUT2D eigenvalue weighted by Gasteiger charge is 2.32. The van der Waals surface area contributed by atoms with Crippen molar-refractivity contribution in [3.8, 4) is 0 Å². The molecule has 0 aliphatic heterocycles. The number of nitrogens with zero attached hydrogens (tertiary/aromatic N) is 3. The standard InChI is InChI=1S/C16H20N4O3/c1-9-7-10(2)20-14(18-9)12(8-17-20)15(21)19-13-6-4-3-5-11(13)16(22)23/h7-8,11,13H,3-6H2,1-2H3,(H,19,21)(H,22,23)/t11-,13+/m0/s1. The van der Waals surface area contributed by atoms with Gasteiger partial charge in [-0.25, -0.2) is 9.50 Å². The maximum absolute atomic E-state index is 12.6. The molecule has 2 atom stereocenters. The van der Waals surface area contributed by atoms with Crippen LogP contribution in [0.3, 0.4) is 0 Å². The number of aliphatic carboxylic acids is 1. The van der Waals surface area contributed by atoms with Crippen LogP contribution < -0.4 is 5.32 Å². The summed E-state index contributed by atoms with van der Waals surface area (Å²) in [6.45, 7) is 3.77. The van der Waals surface area contributed by atoms with Crippen molar-refractivity contribution >= 4 is 17.5 Å². The number of carbonyl (C=O) groups excluding carboxylic acids is 1. The Hall–Kier alpha value is -2.44. The van der Waals surface area contributed by atoms with E-state index in [1.54, 1.807) is 4.52 Å². The number of carboxylic acid groups (broad SMARTS) is 1. The first-order valence-electron chi connectivity index (χ1n) is 7.83. The van der Waals surface area contributed by atoms with Crippen LogP contribution in [0.5, 0.6) is 0 Å². The maximum Gasteiger partial charge on any atom is 0.308 e. The SMILES string of the molecule is Cc1cc(C)n2ncc(C(=O)N[C@@H]3CCCC[C@@H]3C(=O)O)c2n1. The molecule has 1 fully saturated rings. The zero-order chi connectivity index (χ0) is 16.6. The number of amides is 1. The molecule has 2 heterocycles. The number of aromatic nitrogens is 3. The monoisotopic (exact) mass is 316 g/mol. The Morgan fingerprint density at radius 2 is 2.04 bits per heavy atom. The van der Waals surface area contributed by atoms with Crippen LogP contribution in [0.4, 0.5) is 0 Å². The first-order valence-corrected chi connectivity index (χ1v) is 7.83. The minimum Gasteiger partial charge on any atom is -0.481 e. The Morgan fingerprint density at radius 1 is 1.30 bits per heavy atom. The molecular formula is C16H20N4O3. The number of hydrogen-bond acceptors (Lipinski definition) is 4. The van der Waals surface area contributed by atoms with Gasteiger partial charge in [0.25, 0.3) is 5.91 Å². The minimum absolute atomic E-state index is 0.310. The lowest BCUT2D eigenvalue weighted by Crippen LogP contribution is -2.45. The Kier molecular flexibility index (Phi) is 4.02. The third kappa shape index (κ3) is 2.91. The van der Waals surface area contributed by atoms with Crippen molar-refractivity contribution in [3.05, 3.63) is 29.2 Å². The van der Waals surface area contributed by atoms with Gasteiger partial charge in [-0.1, -0.05) is 12.8 Å². The zero-order valence-electron chi connectivity index (χ0n) is 13.2. The Bertz CT molecular complexity index is 768. The van der Waals surface area contributed by atoms with Gasteiger partial charge in [0.15, 0.2) is 5.65 Å². The highest BCUT2D eigenvalue weighted by Crippen LogP contribution is 2.25. The van der Waals surface area contributed by atoms with E-state index in [-0.39, 0.29) is 11.9 Å². The maximum atomic E-state index is 12.6. The quantitative estimate of drug-likeness (QED) is 0.898. The molecule has 2 N–H and O–H groups in total. The molecule has 1 aliphatic rings. The molecule has 122 valence electrons. The second-order valence-electron chi connectivity index (χ2n) is 6.14. The molecule has 1 aliphatic carbocycles. The summed E-state index contributed by atoms with van der Waals surface area (Å²) in [5.41, 5.74) is 2.59. The van der Waals surface area contributed by atoms with E-state index in [9.17, 15) is 14.7 Å². The van der Waals surface area contributed by atoms with Crippen molar-refractivity contribution in [2.45, 2.75) is 45.6 Å². The van der Waals surface area contributed by atoms with Gasteiger partial charge in [-0.05, 0) is 32.8 Å². The molecule has 7 nitrogen and oxygen atoms in total. The lowest BCUT2D eigenvalue weighted by atomic mass is 9.84. The second-order valence-corrected chi connectivity index (χ2v) is 6.14. The lowest BCUT2D eigenvalue weighted by molar-refractivity contribution is -0.143. The summed E-state index contributed by atoms with van der Waals surface area (Å²) in [7, 11) is 0. The number of carbonyl (C=O) groups is 2. The van der Waals surface area contributed by atoms with E-state index < -0.39 is 11.9 Å². The van der Waals surface area contributed by atoms with Crippen molar-refractivity contribution in [1.82, 2.24) is 19.9 Å². The minimum atomic E-state index is -0.848. The van der Waals surface area contributed by atoms with Crippen LogP contribution in [0.1, 0.15) is 47.4 Å². The van der Waals surface area contributed by atoms with E-state index in [2.05, 4.69) is 15.4 Å². The predicted molar refractivity (Wildman–Crippen MR) is 83.3 cm³/mol. The van der Waals surface area contributed by atoms with Gasteiger partial charge in [0.1, 0.15) is 5.56 Å². The van der Waals surface area contributed by atoms with Gasteiger partial charge in [-0.2, -0.15) is 5.10 Å². The molecule has 2 aromatic rings. The fraction of sp³-hybridized carbons (Fsp3) is 0.500. The summed E-state index contributed by atoms with van der Waals surface area (Å²) in [4.78, 5) is 28.3. The van der Waals surface area contributed by atoms with Crippen LogP contribution in [0.15, 0.2) is 12.3 Å². The molecule has 0 unspecified atom stereocenters. The molecule has 2 aromatic heterocycles. The van der Waals surface area contributed by atoms with Crippen LogP contribution in [0.25, 0.3) is 5.65 Å². The van der Waals surface area contributed by atoms with Gasteiger partial charge in [-0.3, -0.25) is 9.59 Å². The van der Waals surface area contributed by atoms with Crippen LogP contribution >= 0.6 is 0 Å². The molecule has 23 heavy (non-hydrogen) atoms. The number of fused-ring (bicyclic) bond motifs is 1. The number of hydrogen-bond donors (Lipinski definition) is 2. The molecule has 0 aromatic carbocycles. The van der Waals surface area contributed by atoms with Crippen molar-refractivity contribution in [3.63, 3.8) is 0 Å². The highest BCUT2D eigenvalue weighted by molar-refractivity contribution is 6.00. The predicted octanol–water partition coefficient (Wildman–Crippen LogP) is 1.72. The summed E-state index contributed by atoms with van der Waals surface area (Å²) in [5, 5.41) is 16.4. The largest absolute Gasteiger partial charge is 0.481 e. The van der Waals surface area contributed by atoms with Crippen LogP contribution in [-0.4, -0.2) is 37.6 Å². The Labute approximate surface area is 133 Å². The van der Waals surface area contributed by atoms with Gasteiger partial charge in [0.2, 0.25) is 0 Å². The molecule has 0 bridgehead atoms. The number of aryl methyl sites for hydroxylation is 2. The number of rotatable bonds is 3. The molecule has 1 amide bonds. The highest BCUT2D eigenvalue weighted by atomic mass is 16.4. The second kappa shape index (κ2) is 5.98. The lowest BCUT2D eigenvalue weighted by Gasteiger charge is -2.29. The van der Waals surface area contributed by atoms with E-state index in [0.717, 1.165) is 24.2 Å². The summed E-state index contributed by atoms with van der Waals surface area (Å²) in [6, 6.07) is 1.55. The van der Waals surface area contributed by atoms with Gasteiger partial charge >= 0.3 is 5.97 Å². The topological polar surface area (TPSA) is 96.6 Å². The van der Waals surface area contributed by atoms with E-state index in [0.29, 0.717) is 24.1 Å². The van der Waals surface area contributed by atoms with E-state index in [1.807, 2.05) is 19.9 Å². The van der Waals surface area contributed by atoms with Gasteiger partial charge < -0.3 is 10.4 Å². The molecule has 1 saturated carbocycles. The Balaban J connectivity index is 1.87. The van der Waals surface area contributed by atoms with E-state index in [1.165, 1.54) is 6.20 Å². The average molecular weight is 316 g/mol. The fourth-order valence-electron chi connectivity index (χ4n) is 3.28. The Morgan fingerprint density at radius 3 is 2.78 bits per heavy atom. The molecular weight excluding hydrogens is 296 g/mol. The smallest absolute Gasteiger partial charge is 0.308 e. The van der Waals surface area contributed by atoms with Crippen molar-refractivity contribution in [2.75, 3.05) is 0 Å². The summed E-state index contributed by atoms with van der Waals surface area (Å²) in [5.74, 6) is -1.68. The number of nitrogens with one attached hydrogen (secondary N) is 1. The van der Waals surface area contributed by atoms with Gasteiger partial charge in [-0.15, -0.1) is 0 Å². The van der Waals surface area contributed by atoms with Crippen LogP contribution in [0, 0.1) is 19.8 Å². The summed E-state index contributed by atoms with van der Waals surface area (Å²) < 4.78 is 1.62. The zero-order valence-corrected chi connectivity index (χ0v) is 13.2. The number of carboxylic acids is 1. The molecule has 0 radical (unpaired) electrons. The van der Waals surface area contributed by atoms with E-state index >= 15 is 0 Å². The molecule has 0 spiro atoms. The summed E-state index contributed by atoms with van der Waals surface area (Å²) in [6.07, 6.45) is 4.60. The first kappa shape index (κ1) is 15.5. The van der Waals surface area contributed by atoms with E-state index in [4.69, 9.17) is 0 Å². The molecule has 0 saturated heterocycles. The summed E-state index contributed by atoms with van der Waals surface area (Å²) >= 11 is 0. The van der Waals surface area contributed by atoms with Gasteiger partial charge in [0, 0.05) is 17.4 Å². The third-order valence-electron chi connectivity index (χ3n) is 4.42. The normalized spacial score (nSPS) is 21.3. The van der Waals surface area contributed by atoms with Crippen LogP contribution in [0.2, 0.25) is 0 Å². The van der Waals surface area contributed by atoms with Crippen molar-refractivity contribution in [1.29, 1.82) is 0 Å². The third-order valence-corrected chi connectivity index (χ3v) is 4.42. The molecule has 3 rings (SSSR count). The van der Waals surface area contributed by atoms with Gasteiger partial charge in [0.05, 0.1) is 12.1 Å². The van der Waals surface area contributed by atoms with Crippen molar-refractivity contribution in [2.24, 2.45) is 5.92 Å². The van der Waals surface area contributed by atoms with Crippen molar-refractivity contribution < 1.29 is 14.7 Å². The first-order chi connectivity index (χ1) is 11.0. The molecule has 7 heteroatoms. The fourth-order valence-corrected chi connectivity index (χ4v) is 3.28. The van der Waals surface area contributed by atoms with Crippen LogP contribution in [-0.2, 0) is 4.79 Å². The average Bonchev–Trinajstić information content (AvgIpc) is 2.91.